The first kappa shape index (κ1) is 13.6. The molecule has 23 heavy (non-hydrogen) atoms. The second-order valence-electron chi connectivity index (χ2n) is 6.37. The molecule has 118 valence electrons. The molecule has 0 amide bonds. The maximum absolute atomic E-state index is 5.50. The largest absolute Gasteiger partial charge is 0.381 e. The summed E-state index contributed by atoms with van der Waals surface area (Å²) < 4.78 is 9.00. The Morgan fingerprint density at radius 3 is 2.83 bits per heavy atom. The maximum atomic E-state index is 5.50. The third-order valence-corrected chi connectivity index (χ3v) is 6.13. The van der Waals surface area contributed by atoms with Crippen molar-refractivity contribution in [3.05, 3.63) is 30.1 Å². The van der Waals surface area contributed by atoms with E-state index in [9.17, 15) is 0 Å². The second-order valence-corrected chi connectivity index (χ2v) is 7.40. The van der Waals surface area contributed by atoms with Gasteiger partial charge in [-0.15, -0.1) is 21.5 Å². The van der Waals surface area contributed by atoms with Gasteiger partial charge in [0.1, 0.15) is 5.82 Å². The second kappa shape index (κ2) is 5.39. The van der Waals surface area contributed by atoms with Crippen LogP contribution in [0.5, 0.6) is 0 Å². The number of fused-ring (bicyclic) bond motifs is 2. The zero-order valence-electron chi connectivity index (χ0n) is 12.8. The highest BCUT2D eigenvalue weighted by Gasteiger charge is 2.35. The molecule has 0 bridgehead atoms. The van der Waals surface area contributed by atoms with Crippen LogP contribution >= 0.6 is 11.3 Å². The van der Waals surface area contributed by atoms with Gasteiger partial charge in [0.2, 0.25) is 0 Å². The molecule has 2 aliphatic heterocycles. The Labute approximate surface area is 138 Å². The van der Waals surface area contributed by atoms with Crippen LogP contribution in [0.3, 0.4) is 0 Å². The predicted molar refractivity (Wildman–Crippen MR) is 89.5 cm³/mol. The lowest BCUT2D eigenvalue weighted by Gasteiger charge is -2.26. The first-order chi connectivity index (χ1) is 11.4. The molecule has 4 heterocycles. The van der Waals surface area contributed by atoms with E-state index in [0.29, 0.717) is 11.8 Å². The molecule has 0 spiro atoms. The number of hydrogen-bond acceptors (Lipinski definition) is 5. The highest BCUT2D eigenvalue weighted by Crippen LogP contribution is 2.40. The minimum Gasteiger partial charge on any atom is -0.381 e. The van der Waals surface area contributed by atoms with Gasteiger partial charge in [0.05, 0.1) is 10.2 Å². The number of hydrogen-bond donors (Lipinski definition) is 0. The van der Waals surface area contributed by atoms with Crippen molar-refractivity contribution in [3.8, 4) is 10.8 Å². The number of ether oxygens (including phenoxy) is 1. The molecular weight excluding hydrogens is 308 g/mol. The summed E-state index contributed by atoms with van der Waals surface area (Å²) in [5.74, 6) is 3.33. The number of thiazole rings is 1. The van der Waals surface area contributed by atoms with E-state index >= 15 is 0 Å². The molecule has 0 N–H and O–H groups in total. The number of rotatable bonds is 2. The van der Waals surface area contributed by atoms with Crippen LogP contribution < -0.4 is 0 Å². The van der Waals surface area contributed by atoms with E-state index in [-0.39, 0.29) is 0 Å². The molecule has 6 heteroatoms. The molecule has 2 aliphatic rings. The van der Waals surface area contributed by atoms with Crippen LogP contribution in [0.4, 0.5) is 0 Å². The lowest BCUT2D eigenvalue weighted by atomic mass is 9.85. The van der Waals surface area contributed by atoms with Gasteiger partial charge in [0.15, 0.2) is 10.8 Å². The van der Waals surface area contributed by atoms with E-state index in [0.717, 1.165) is 54.8 Å². The highest BCUT2D eigenvalue weighted by atomic mass is 32.1. The molecular formula is C17H18N4OS. The van der Waals surface area contributed by atoms with E-state index in [4.69, 9.17) is 9.72 Å². The van der Waals surface area contributed by atoms with Gasteiger partial charge in [0.25, 0.3) is 0 Å². The zero-order chi connectivity index (χ0) is 15.2. The van der Waals surface area contributed by atoms with Crippen molar-refractivity contribution >= 4 is 21.6 Å². The van der Waals surface area contributed by atoms with Crippen molar-refractivity contribution in [2.45, 2.75) is 31.7 Å². The van der Waals surface area contributed by atoms with Crippen LogP contribution in [0.15, 0.2) is 24.3 Å². The van der Waals surface area contributed by atoms with Crippen molar-refractivity contribution in [1.29, 1.82) is 0 Å². The Kier molecular flexibility index (Phi) is 3.19. The smallest absolute Gasteiger partial charge is 0.193 e. The average molecular weight is 326 g/mol. The monoisotopic (exact) mass is 326 g/mol. The Morgan fingerprint density at radius 2 is 1.96 bits per heavy atom. The molecule has 5 rings (SSSR count). The summed E-state index contributed by atoms with van der Waals surface area (Å²) in [5, 5.41) is 10.0. The van der Waals surface area contributed by atoms with Crippen LogP contribution in [-0.2, 0) is 11.3 Å². The quantitative estimate of drug-likeness (QED) is 0.723. The van der Waals surface area contributed by atoms with E-state index in [2.05, 4.69) is 33.0 Å². The Morgan fingerprint density at radius 1 is 1.09 bits per heavy atom. The van der Waals surface area contributed by atoms with Gasteiger partial charge < -0.3 is 9.30 Å². The van der Waals surface area contributed by atoms with Gasteiger partial charge in [-0.05, 0) is 37.3 Å². The lowest BCUT2D eigenvalue weighted by Crippen LogP contribution is -2.21. The Bertz CT molecular complexity index is 816. The van der Waals surface area contributed by atoms with Crippen molar-refractivity contribution < 1.29 is 4.74 Å². The summed E-state index contributed by atoms with van der Waals surface area (Å²) in [4.78, 5) is 4.75. The van der Waals surface area contributed by atoms with E-state index in [1.54, 1.807) is 11.3 Å². The SMILES string of the molecule is c1ccc2sc(-c3nnc4n3CCC4C3CCOCC3)nc2c1. The third kappa shape index (κ3) is 2.20. The molecule has 0 radical (unpaired) electrons. The summed E-state index contributed by atoms with van der Waals surface area (Å²) in [6.07, 6.45) is 3.47. The topological polar surface area (TPSA) is 52.8 Å². The van der Waals surface area contributed by atoms with Gasteiger partial charge in [-0.3, -0.25) is 0 Å². The van der Waals surface area contributed by atoms with Crippen molar-refractivity contribution in [1.82, 2.24) is 19.7 Å². The molecule has 0 aliphatic carbocycles. The summed E-state index contributed by atoms with van der Waals surface area (Å²) in [6, 6.07) is 8.25. The summed E-state index contributed by atoms with van der Waals surface area (Å²) >= 11 is 1.70. The van der Waals surface area contributed by atoms with Crippen LogP contribution in [0, 0.1) is 5.92 Å². The van der Waals surface area contributed by atoms with Crippen LogP contribution in [0.1, 0.15) is 31.0 Å². The molecule has 1 saturated heterocycles. The highest BCUT2D eigenvalue weighted by molar-refractivity contribution is 7.21. The molecule has 0 saturated carbocycles. The standard InChI is InChI=1S/C17H18N4OS/c1-2-4-14-13(3-1)18-17(23-14)16-20-19-15-12(5-8-21(15)16)11-6-9-22-10-7-11/h1-4,11-12H,5-10H2. The molecule has 1 unspecified atom stereocenters. The van der Waals surface area contributed by atoms with Crippen molar-refractivity contribution in [2.24, 2.45) is 5.92 Å². The van der Waals surface area contributed by atoms with Gasteiger partial charge in [0, 0.05) is 25.7 Å². The van der Waals surface area contributed by atoms with Crippen molar-refractivity contribution in [2.75, 3.05) is 13.2 Å². The normalized spacial score (nSPS) is 21.8. The molecule has 2 aromatic heterocycles. The fourth-order valence-corrected chi connectivity index (χ4v) is 4.86. The first-order valence-electron chi connectivity index (χ1n) is 8.27. The average Bonchev–Trinajstić information content (AvgIpc) is 3.29. The first-order valence-corrected chi connectivity index (χ1v) is 9.08. The van der Waals surface area contributed by atoms with Crippen LogP contribution in [-0.4, -0.2) is 33.0 Å². The fourth-order valence-electron chi connectivity index (χ4n) is 3.90. The van der Waals surface area contributed by atoms with Crippen LogP contribution in [0.2, 0.25) is 0 Å². The number of para-hydroxylation sites is 1. The predicted octanol–water partition coefficient (Wildman–Crippen LogP) is 3.47. The molecule has 3 aromatic rings. The summed E-state index contributed by atoms with van der Waals surface area (Å²) in [7, 11) is 0. The van der Waals surface area contributed by atoms with Gasteiger partial charge in [-0.1, -0.05) is 12.1 Å². The minimum absolute atomic E-state index is 0.537. The Balaban J connectivity index is 1.52. The molecule has 5 nitrogen and oxygen atoms in total. The maximum Gasteiger partial charge on any atom is 0.193 e. The van der Waals surface area contributed by atoms with Gasteiger partial charge in [-0.2, -0.15) is 0 Å². The zero-order valence-corrected chi connectivity index (χ0v) is 13.6. The number of nitrogens with zero attached hydrogens (tertiary/aromatic N) is 4. The molecule has 1 fully saturated rings. The van der Waals surface area contributed by atoms with Gasteiger partial charge in [-0.25, -0.2) is 4.98 Å². The minimum atomic E-state index is 0.537. The Hall–Kier alpha value is -1.79. The summed E-state index contributed by atoms with van der Waals surface area (Å²) in [6.45, 7) is 2.79. The third-order valence-electron chi connectivity index (χ3n) is 5.09. The van der Waals surface area contributed by atoms with E-state index < -0.39 is 0 Å². The summed E-state index contributed by atoms with van der Waals surface area (Å²) in [5.41, 5.74) is 1.05. The van der Waals surface area contributed by atoms with E-state index in [1.165, 1.54) is 11.1 Å². The lowest BCUT2D eigenvalue weighted by molar-refractivity contribution is 0.0574. The van der Waals surface area contributed by atoms with Gasteiger partial charge >= 0.3 is 0 Å². The molecule has 1 atom stereocenters. The molecule has 1 aromatic carbocycles. The fraction of sp³-hybridized carbons (Fsp3) is 0.471. The van der Waals surface area contributed by atoms with E-state index in [1.807, 2.05) is 6.07 Å². The number of aromatic nitrogens is 4. The number of benzene rings is 1. The van der Waals surface area contributed by atoms with Crippen molar-refractivity contribution in [3.63, 3.8) is 0 Å². The van der Waals surface area contributed by atoms with Crippen LogP contribution in [0.25, 0.3) is 21.0 Å².